The number of methoxy groups -OCH3 is 3. The third-order valence-corrected chi connectivity index (χ3v) is 5.55. The van der Waals surface area contributed by atoms with Gasteiger partial charge in [-0.25, -0.2) is 5.01 Å². The Bertz CT molecular complexity index is 924. The van der Waals surface area contributed by atoms with Gasteiger partial charge in [0.2, 0.25) is 5.91 Å². The van der Waals surface area contributed by atoms with E-state index in [1.54, 1.807) is 39.5 Å². The summed E-state index contributed by atoms with van der Waals surface area (Å²) in [6.07, 6.45) is 3.03. The van der Waals surface area contributed by atoms with Crippen LogP contribution in [0.4, 0.5) is 5.69 Å². The quantitative estimate of drug-likeness (QED) is 0.814. The molecule has 7 heteroatoms. The summed E-state index contributed by atoms with van der Waals surface area (Å²) < 4.78 is 22.7. The predicted molar refractivity (Wildman–Crippen MR) is 112 cm³/mol. The number of ether oxygens (including phenoxy) is 4. The van der Waals surface area contributed by atoms with E-state index in [1.807, 2.05) is 36.4 Å². The number of amides is 1. The van der Waals surface area contributed by atoms with Gasteiger partial charge in [0.05, 0.1) is 25.6 Å². The second-order valence-electron chi connectivity index (χ2n) is 7.24. The summed E-state index contributed by atoms with van der Waals surface area (Å²) in [5.41, 5.74) is 4.95. The molecule has 2 atom stereocenters. The predicted octanol–water partition coefficient (Wildman–Crippen LogP) is 3.51. The summed E-state index contributed by atoms with van der Waals surface area (Å²) in [7, 11) is 4.80. The van der Waals surface area contributed by atoms with Gasteiger partial charge in [-0.05, 0) is 12.0 Å². The Morgan fingerprint density at radius 1 is 1.07 bits per heavy atom. The second-order valence-corrected chi connectivity index (χ2v) is 7.24. The third-order valence-electron chi connectivity index (χ3n) is 5.55. The van der Waals surface area contributed by atoms with Crippen LogP contribution < -0.4 is 19.9 Å². The van der Waals surface area contributed by atoms with E-state index in [0.717, 1.165) is 11.3 Å². The highest BCUT2D eigenvalue weighted by Gasteiger charge is 2.46. The molecular weight excluding hydrogens is 384 g/mol. The number of fused-ring (bicyclic) bond motifs is 1. The van der Waals surface area contributed by atoms with E-state index < -0.39 is 5.60 Å². The fraction of sp³-hybridized carbons (Fsp3) is 0.348. The molecule has 0 unspecified atom stereocenters. The Labute approximate surface area is 176 Å². The molecule has 1 saturated heterocycles. The van der Waals surface area contributed by atoms with Crippen LogP contribution in [0.5, 0.6) is 11.5 Å². The van der Waals surface area contributed by atoms with Gasteiger partial charge in [-0.15, -0.1) is 0 Å². The van der Waals surface area contributed by atoms with Crippen LogP contribution in [-0.4, -0.2) is 33.5 Å². The van der Waals surface area contributed by atoms with Gasteiger partial charge in [-0.3, -0.25) is 10.2 Å². The van der Waals surface area contributed by atoms with Crippen LogP contribution in [0.1, 0.15) is 24.8 Å². The molecule has 0 bridgehead atoms. The Hall–Kier alpha value is -3.03. The van der Waals surface area contributed by atoms with Crippen LogP contribution in [0, 0.1) is 0 Å². The van der Waals surface area contributed by atoms with Crippen LogP contribution in [-0.2, 0) is 19.9 Å². The third kappa shape index (κ3) is 3.62. The Kier molecular flexibility index (Phi) is 5.65. The van der Waals surface area contributed by atoms with Crippen molar-refractivity contribution in [2.75, 3.05) is 26.3 Å². The molecule has 7 nitrogen and oxygen atoms in total. The molecule has 0 radical (unpaired) electrons. The van der Waals surface area contributed by atoms with Gasteiger partial charge in [0.25, 0.3) is 0 Å². The Balaban J connectivity index is 1.78. The van der Waals surface area contributed by atoms with E-state index in [1.165, 1.54) is 5.01 Å². The van der Waals surface area contributed by atoms with Crippen molar-refractivity contribution >= 4 is 11.6 Å². The molecular formula is C23H26N2O5. The zero-order chi connectivity index (χ0) is 21.1. The van der Waals surface area contributed by atoms with Crippen molar-refractivity contribution in [2.45, 2.75) is 31.2 Å². The average molecular weight is 410 g/mol. The number of hydrogen-bond donors (Lipinski definition) is 1. The van der Waals surface area contributed by atoms with Crippen molar-refractivity contribution in [3.05, 3.63) is 65.9 Å². The maximum absolute atomic E-state index is 13.1. The lowest BCUT2D eigenvalue weighted by molar-refractivity contribution is -0.200. The molecule has 4 rings (SSSR count). The van der Waals surface area contributed by atoms with E-state index in [4.69, 9.17) is 18.9 Å². The van der Waals surface area contributed by atoms with Crippen molar-refractivity contribution in [3.63, 3.8) is 0 Å². The van der Waals surface area contributed by atoms with Gasteiger partial charge in [0, 0.05) is 38.2 Å². The number of nitrogens with one attached hydrogen (secondary N) is 1. The molecule has 0 spiro atoms. The lowest BCUT2D eigenvalue weighted by Crippen LogP contribution is -2.48. The molecule has 2 aliphatic rings. The van der Waals surface area contributed by atoms with Crippen molar-refractivity contribution in [2.24, 2.45) is 0 Å². The van der Waals surface area contributed by atoms with Crippen molar-refractivity contribution < 1.29 is 23.7 Å². The van der Waals surface area contributed by atoms with Crippen molar-refractivity contribution in [1.29, 1.82) is 0 Å². The summed E-state index contributed by atoms with van der Waals surface area (Å²) in [6.45, 7) is 0. The van der Waals surface area contributed by atoms with Crippen LogP contribution in [0.2, 0.25) is 0 Å². The van der Waals surface area contributed by atoms with Gasteiger partial charge in [0.1, 0.15) is 17.1 Å². The smallest absolute Gasteiger partial charge is 0.245 e. The highest BCUT2D eigenvalue weighted by atomic mass is 16.7. The highest BCUT2D eigenvalue weighted by Crippen LogP contribution is 2.44. The molecule has 0 aromatic heterocycles. The van der Waals surface area contributed by atoms with Crippen LogP contribution in [0.25, 0.3) is 0 Å². The first kappa shape index (κ1) is 20.3. The maximum Gasteiger partial charge on any atom is 0.245 e. The number of rotatable bonds is 5. The van der Waals surface area contributed by atoms with E-state index in [0.29, 0.717) is 30.0 Å². The molecule has 2 aliphatic heterocycles. The first-order valence-corrected chi connectivity index (χ1v) is 9.89. The van der Waals surface area contributed by atoms with Gasteiger partial charge in [-0.2, -0.15) is 0 Å². The molecule has 1 N–H and O–H groups in total. The molecule has 1 fully saturated rings. The summed E-state index contributed by atoms with van der Waals surface area (Å²) in [5.74, 6) is 1.13. The number of nitrogens with zero attached hydrogens (tertiary/aromatic N) is 1. The molecule has 0 aliphatic carbocycles. The monoisotopic (exact) mass is 410 g/mol. The molecule has 158 valence electrons. The molecule has 30 heavy (non-hydrogen) atoms. The fourth-order valence-corrected chi connectivity index (χ4v) is 3.97. The molecule has 2 aromatic rings. The largest absolute Gasteiger partial charge is 0.497 e. The number of benzene rings is 2. The lowest BCUT2D eigenvalue weighted by Gasteiger charge is -2.41. The van der Waals surface area contributed by atoms with E-state index in [2.05, 4.69) is 5.43 Å². The molecule has 2 aromatic carbocycles. The van der Waals surface area contributed by atoms with E-state index in [-0.39, 0.29) is 18.6 Å². The average Bonchev–Trinajstić information content (AvgIpc) is 2.96. The first-order valence-electron chi connectivity index (χ1n) is 9.89. The first-order chi connectivity index (χ1) is 14.6. The lowest BCUT2D eigenvalue weighted by atomic mass is 9.84. The minimum atomic E-state index is -0.798. The maximum atomic E-state index is 13.1. The van der Waals surface area contributed by atoms with E-state index in [9.17, 15) is 4.79 Å². The number of hydrogen-bond acceptors (Lipinski definition) is 6. The SMILES string of the molecule is COc1cc(OC)cc(N2NC3=CC[C@@H](OC)O[C@@]3(c3ccccc3)CCC2=O)c1. The normalized spacial score (nSPS) is 23.7. The number of carbonyl (C=O) groups excluding carboxylic acids is 1. The summed E-state index contributed by atoms with van der Waals surface area (Å²) in [5, 5.41) is 1.54. The van der Waals surface area contributed by atoms with E-state index >= 15 is 0 Å². The number of carbonyl (C=O) groups is 1. The highest BCUT2D eigenvalue weighted by molar-refractivity contribution is 5.93. The van der Waals surface area contributed by atoms with Crippen molar-refractivity contribution in [1.82, 2.24) is 5.43 Å². The number of anilines is 1. The topological polar surface area (TPSA) is 69.3 Å². The van der Waals surface area contributed by atoms with Gasteiger partial charge in [0.15, 0.2) is 6.29 Å². The van der Waals surface area contributed by atoms with Gasteiger partial charge in [-0.1, -0.05) is 36.4 Å². The molecule has 0 saturated carbocycles. The standard InChI is InChI=1S/C23H26N2O5/c1-27-18-13-17(14-19(15-18)28-2)25-21(26)11-12-23(16-7-5-4-6-8-16)20(24-25)9-10-22(29-3)30-23/h4-9,13-15,22,24H,10-12H2,1-3H3/t22-,23+/m0/s1. The number of hydrazine groups is 1. The molecule has 2 heterocycles. The summed E-state index contributed by atoms with van der Waals surface area (Å²) >= 11 is 0. The van der Waals surface area contributed by atoms with Crippen LogP contribution in [0.3, 0.4) is 0 Å². The van der Waals surface area contributed by atoms with Crippen molar-refractivity contribution in [3.8, 4) is 11.5 Å². The Morgan fingerprint density at radius 2 is 1.77 bits per heavy atom. The minimum Gasteiger partial charge on any atom is -0.497 e. The zero-order valence-corrected chi connectivity index (χ0v) is 17.4. The van der Waals surface area contributed by atoms with Gasteiger partial charge >= 0.3 is 0 Å². The van der Waals surface area contributed by atoms with Crippen LogP contribution in [0.15, 0.2) is 60.3 Å². The summed E-state index contributed by atoms with van der Waals surface area (Å²) in [4.78, 5) is 13.1. The fourth-order valence-electron chi connectivity index (χ4n) is 3.97. The second kappa shape index (κ2) is 8.38. The molecule has 1 amide bonds. The zero-order valence-electron chi connectivity index (χ0n) is 17.4. The van der Waals surface area contributed by atoms with Crippen LogP contribution >= 0.6 is 0 Å². The summed E-state index contributed by atoms with van der Waals surface area (Å²) in [6, 6.07) is 15.3. The van der Waals surface area contributed by atoms with Gasteiger partial charge < -0.3 is 18.9 Å². The Morgan fingerprint density at radius 3 is 2.40 bits per heavy atom. The minimum absolute atomic E-state index is 0.0755.